The third-order valence-electron chi connectivity index (χ3n) is 4.17. The Morgan fingerprint density at radius 3 is 2.16 bits per heavy atom. The lowest BCUT2D eigenvalue weighted by Crippen LogP contribution is -2.22. The Kier molecular flexibility index (Phi) is 8.82. The maximum absolute atomic E-state index is 11.9. The summed E-state index contributed by atoms with van der Waals surface area (Å²) in [6, 6.07) is 6.07. The number of non-ortho nitro benzene ring substituents is 1. The van der Waals surface area contributed by atoms with Crippen LogP contribution in [0.25, 0.3) is 0 Å². The Balaban J connectivity index is 2.63. The first-order chi connectivity index (χ1) is 14.5. The number of rotatable bonds is 9. The van der Waals surface area contributed by atoms with E-state index in [-0.39, 0.29) is 17.1 Å². The third kappa shape index (κ3) is 6.61. The number of anilines is 2. The van der Waals surface area contributed by atoms with Crippen molar-refractivity contribution in [3.8, 4) is 5.75 Å². The van der Waals surface area contributed by atoms with Crippen LogP contribution in [0.2, 0.25) is 0 Å². The Bertz CT molecular complexity index is 1100. The maximum atomic E-state index is 11.9. The van der Waals surface area contributed by atoms with Crippen LogP contribution in [-0.4, -0.2) is 39.8 Å². The third-order valence-corrected chi connectivity index (χ3v) is 6.40. The number of nitro benzene ring substituents is 1. The number of azo groups is 1. The molecule has 0 aromatic heterocycles. The summed E-state index contributed by atoms with van der Waals surface area (Å²) < 4.78 is 32.9. The van der Waals surface area contributed by atoms with Crippen molar-refractivity contribution in [1.29, 1.82) is 0 Å². The van der Waals surface area contributed by atoms with Crippen molar-refractivity contribution in [3.05, 3.63) is 41.5 Å². The predicted molar refractivity (Wildman–Crippen MR) is 138 cm³/mol. The lowest BCUT2D eigenvalue weighted by atomic mass is 10.2. The molecule has 1 N–H and O–H groups in total. The highest BCUT2D eigenvalue weighted by Crippen LogP contribution is 2.40. The minimum atomic E-state index is -3.58. The number of halogens is 2. The highest BCUT2D eigenvalue weighted by Gasteiger charge is 2.18. The standard InChI is InChI=1S/C18H21I2N5O5S/c1-5-24(6-2)16-9-15(23-31(4,28)29)14(10-17(16)30-3)21-22-18-12(19)7-11(25(26)27)8-13(18)20/h7-10,23H,5-6H2,1-4H3. The fourth-order valence-electron chi connectivity index (χ4n) is 2.75. The number of nitrogens with one attached hydrogen (secondary N) is 1. The van der Waals surface area contributed by atoms with E-state index in [0.717, 1.165) is 11.9 Å². The lowest BCUT2D eigenvalue weighted by molar-refractivity contribution is -0.385. The Labute approximate surface area is 207 Å². The molecule has 0 radical (unpaired) electrons. The Morgan fingerprint density at radius 2 is 1.71 bits per heavy atom. The Hall–Kier alpha value is -1.75. The van der Waals surface area contributed by atoms with Crippen LogP contribution in [-0.2, 0) is 10.0 Å². The van der Waals surface area contributed by atoms with Gasteiger partial charge in [0, 0.05) is 38.4 Å². The van der Waals surface area contributed by atoms with Gasteiger partial charge in [0.05, 0.1) is 29.7 Å². The average molecular weight is 673 g/mol. The first kappa shape index (κ1) is 25.5. The molecule has 0 bridgehead atoms. The van der Waals surface area contributed by atoms with Crippen LogP contribution in [0.1, 0.15) is 13.8 Å². The van der Waals surface area contributed by atoms with Gasteiger partial charge in [0.2, 0.25) is 10.0 Å². The molecule has 0 spiro atoms. The van der Waals surface area contributed by atoms with Gasteiger partial charge in [0.25, 0.3) is 5.69 Å². The van der Waals surface area contributed by atoms with E-state index in [1.165, 1.54) is 19.2 Å². The summed E-state index contributed by atoms with van der Waals surface area (Å²) in [5, 5.41) is 19.5. The largest absolute Gasteiger partial charge is 0.494 e. The van der Waals surface area contributed by atoms with Crippen LogP contribution >= 0.6 is 45.2 Å². The van der Waals surface area contributed by atoms with Gasteiger partial charge in [-0.05, 0) is 65.1 Å². The number of benzene rings is 2. The molecule has 168 valence electrons. The first-order valence-electron chi connectivity index (χ1n) is 9.00. The molecule has 0 unspecified atom stereocenters. The second kappa shape index (κ2) is 10.7. The zero-order valence-electron chi connectivity index (χ0n) is 17.2. The summed E-state index contributed by atoms with van der Waals surface area (Å²) in [6.45, 7) is 5.37. The molecule has 2 aromatic rings. The van der Waals surface area contributed by atoms with Crippen LogP contribution in [0.4, 0.5) is 28.4 Å². The molecule has 0 amide bonds. The minimum Gasteiger partial charge on any atom is -0.494 e. The molecule has 0 heterocycles. The fraction of sp³-hybridized carbons (Fsp3) is 0.333. The van der Waals surface area contributed by atoms with E-state index < -0.39 is 14.9 Å². The van der Waals surface area contributed by atoms with E-state index in [2.05, 4.69) is 15.0 Å². The smallest absolute Gasteiger partial charge is 0.271 e. The van der Waals surface area contributed by atoms with Crippen molar-refractivity contribution < 1.29 is 18.1 Å². The molecule has 31 heavy (non-hydrogen) atoms. The number of hydrogen-bond donors (Lipinski definition) is 1. The van der Waals surface area contributed by atoms with Crippen LogP contribution < -0.4 is 14.4 Å². The molecule has 2 rings (SSSR count). The number of hydrogen-bond acceptors (Lipinski definition) is 8. The molecule has 0 aliphatic heterocycles. The van der Waals surface area contributed by atoms with E-state index in [0.29, 0.717) is 31.7 Å². The SMILES string of the molecule is CCN(CC)c1cc(NS(C)(=O)=O)c(N=Nc2c(I)cc([N+](=O)[O-])cc2I)cc1OC. The molecule has 0 atom stereocenters. The monoisotopic (exact) mass is 673 g/mol. The van der Waals surface area contributed by atoms with Gasteiger partial charge in [-0.2, -0.15) is 0 Å². The van der Waals surface area contributed by atoms with Crippen molar-refractivity contribution in [1.82, 2.24) is 0 Å². The molecule has 0 aliphatic carbocycles. The number of ether oxygens (including phenoxy) is 1. The fourth-order valence-corrected chi connectivity index (χ4v) is 5.27. The van der Waals surface area contributed by atoms with Crippen LogP contribution in [0.15, 0.2) is 34.5 Å². The molecular formula is C18H21I2N5O5S. The molecule has 0 aliphatic rings. The van der Waals surface area contributed by atoms with E-state index in [4.69, 9.17) is 4.74 Å². The summed E-state index contributed by atoms with van der Waals surface area (Å²) in [5.74, 6) is 0.518. The molecule has 2 aromatic carbocycles. The minimum absolute atomic E-state index is 0.0440. The van der Waals surface area contributed by atoms with Gasteiger partial charge >= 0.3 is 0 Å². The molecule has 0 fully saturated rings. The summed E-state index contributed by atoms with van der Waals surface area (Å²) in [4.78, 5) is 12.6. The van der Waals surface area contributed by atoms with E-state index in [1.807, 2.05) is 63.9 Å². The topological polar surface area (TPSA) is 127 Å². The van der Waals surface area contributed by atoms with Gasteiger partial charge < -0.3 is 9.64 Å². The van der Waals surface area contributed by atoms with E-state index in [1.54, 1.807) is 12.1 Å². The van der Waals surface area contributed by atoms with E-state index >= 15 is 0 Å². The van der Waals surface area contributed by atoms with Gasteiger partial charge in [0.1, 0.15) is 17.1 Å². The van der Waals surface area contributed by atoms with Crippen LogP contribution in [0.5, 0.6) is 5.75 Å². The van der Waals surface area contributed by atoms with E-state index in [9.17, 15) is 18.5 Å². The number of nitrogens with zero attached hydrogens (tertiary/aromatic N) is 4. The summed E-state index contributed by atoms with van der Waals surface area (Å²) in [5.41, 5.74) is 1.63. The van der Waals surface area contributed by atoms with Gasteiger partial charge in [-0.1, -0.05) is 0 Å². The van der Waals surface area contributed by atoms with Crippen molar-refractivity contribution in [2.45, 2.75) is 13.8 Å². The highest BCUT2D eigenvalue weighted by atomic mass is 127. The molecule has 10 nitrogen and oxygen atoms in total. The van der Waals surface area contributed by atoms with Gasteiger partial charge in [-0.25, -0.2) is 8.42 Å². The number of sulfonamides is 1. The zero-order valence-corrected chi connectivity index (χ0v) is 22.3. The lowest BCUT2D eigenvalue weighted by Gasteiger charge is -2.24. The summed E-state index contributed by atoms with van der Waals surface area (Å²) in [6.07, 6.45) is 1.05. The van der Waals surface area contributed by atoms with Crippen LogP contribution in [0, 0.1) is 17.3 Å². The molecular weight excluding hydrogens is 652 g/mol. The number of nitro groups is 1. The van der Waals surface area contributed by atoms with Gasteiger partial charge in [0.15, 0.2) is 0 Å². The molecule has 13 heteroatoms. The van der Waals surface area contributed by atoms with Crippen molar-refractivity contribution >= 4 is 83.6 Å². The number of methoxy groups -OCH3 is 1. The zero-order chi connectivity index (χ0) is 23.3. The average Bonchev–Trinajstić information content (AvgIpc) is 2.68. The van der Waals surface area contributed by atoms with Gasteiger partial charge in [-0.15, -0.1) is 10.2 Å². The van der Waals surface area contributed by atoms with Gasteiger partial charge in [-0.3, -0.25) is 14.8 Å². The Morgan fingerprint density at radius 1 is 1.13 bits per heavy atom. The molecule has 0 saturated carbocycles. The van der Waals surface area contributed by atoms with Crippen LogP contribution in [0.3, 0.4) is 0 Å². The summed E-state index contributed by atoms with van der Waals surface area (Å²) in [7, 11) is -2.06. The predicted octanol–water partition coefficient (Wildman–Crippen LogP) is 5.45. The maximum Gasteiger partial charge on any atom is 0.271 e. The second-order valence-corrected chi connectivity index (χ2v) is 10.4. The van der Waals surface area contributed by atoms with Crippen molar-refractivity contribution in [2.75, 3.05) is 36.1 Å². The second-order valence-electron chi connectivity index (χ2n) is 6.30. The normalized spacial score (nSPS) is 11.5. The van der Waals surface area contributed by atoms with Crippen molar-refractivity contribution in [3.63, 3.8) is 0 Å². The summed E-state index contributed by atoms with van der Waals surface area (Å²) >= 11 is 3.90. The first-order valence-corrected chi connectivity index (χ1v) is 13.1. The molecule has 0 saturated heterocycles. The quantitative estimate of drug-likeness (QED) is 0.164. The van der Waals surface area contributed by atoms with Crippen molar-refractivity contribution in [2.24, 2.45) is 10.2 Å². The highest BCUT2D eigenvalue weighted by molar-refractivity contribution is 14.1.